The topological polar surface area (TPSA) is 44.1 Å². The van der Waals surface area contributed by atoms with Crippen LogP contribution in [0.15, 0.2) is 12.3 Å². The highest BCUT2D eigenvalue weighted by Crippen LogP contribution is 2.24. The highest BCUT2D eigenvalue weighted by atomic mass is 16.5. The molecule has 4 heteroatoms. The van der Waals surface area contributed by atoms with Gasteiger partial charge in [-0.3, -0.25) is 9.48 Å². The van der Waals surface area contributed by atoms with Gasteiger partial charge in [-0.2, -0.15) is 5.10 Å². The molecule has 16 heavy (non-hydrogen) atoms. The molecule has 1 heterocycles. The number of hydrogen-bond acceptors (Lipinski definition) is 3. The van der Waals surface area contributed by atoms with E-state index in [1.165, 1.54) is 0 Å². The average molecular weight is 224 g/mol. The maximum atomic E-state index is 11.9. The van der Waals surface area contributed by atoms with Gasteiger partial charge in [-0.25, -0.2) is 0 Å². The summed E-state index contributed by atoms with van der Waals surface area (Å²) in [6.45, 7) is 8.87. The minimum absolute atomic E-state index is 0.201. The normalized spacial score (nSPS) is 11.5. The molecule has 0 unspecified atom stereocenters. The second-order valence-corrected chi connectivity index (χ2v) is 4.29. The molecule has 0 fully saturated rings. The van der Waals surface area contributed by atoms with E-state index in [2.05, 4.69) is 12.0 Å². The van der Waals surface area contributed by atoms with Crippen molar-refractivity contribution in [2.24, 2.45) is 0 Å². The molecule has 0 aliphatic rings. The number of ether oxygens (including phenoxy) is 1. The van der Waals surface area contributed by atoms with Gasteiger partial charge in [0.25, 0.3) is 0 Å². The molecular weight excluding hydrogens is 204 g/mol. The fourth-order valence-corrected chi connectivity index (χ4v) is 1.67. The van der Waals surface area contributed by atoms with Crippen molar-refractivity contribution in [3.8, 4) is 0 Å². The van der Waals surface area contributed by atoms with E-state index in [0.717, 1.165) is 18.7 Å². The van der Waals surface area contributed by atoms with E-state index in [-0.39, 0.29) is 5.97 Å². The van der Waals surface area contributed by atoms with Gasteiger partial charge in [0.05, 0.1) is 12.3 Å². The molecule has 1 aromatic heterocycles. The summed E-state index contributed by atoms with van der Waals surface area (Å²) in [6, 6.07) is 1.88. The maximum Gasteiger partial charge on any atom is 0.317 e. The Balaban J connectivity index is 2.96. The van der Waals surface area contributed by atoms with Gasteiger partial charge >= 0.3 is 5.97 Å². The predicted molar refractivity (Wildman–Crippen MR) is 62.2 cm³/mol. The lowest BCUT2D eigenvalue weighted by Gasteiger charge is -2.23. The number of esters is 1. The average Bonchev–Trinajstić information content (AvgIpc) is 2.67. The molecule has 1 aromatic rings. The smallest absolute Gasteiger partial charge is 0.317 e. The van der Waals surface area contributed by atoms with E-state index in [0.29, 0.717) is 6.61 Å². The molecule has 0 saturated carbocycles. The monoisotopic (exact) mass is 224 g/mol. The molecule has 0 spiro atoms. The molecule has 0 aromatic carbocycles. The number of hydrogen-bond donors (Lipinski definition) is 0. The van der Waals surface area contributed by atoms with Gasteiger partial charge in [0.2, 0.25) is 0 Å². The van der Waals surface area contributed by atoms with E-state index < -0.39 is 5.41 Å². The molecule has 0 bridgehead atoms. The Morgan fingerprint density at radius 2 is 2.19 bits per heavy atom. The van der Waals surface area contributed by atoms with Crippen molar-refractivity contribution < 1.29 is 9.53 Å². The van der Waals surface area contributed by atoms with Gasteiger partial charge in [-0.1, -0.05) is 6.92 Å². The lowest BCUT2D eigenvalue weighted by atomic mass is 9.89. The predicted octanol–water partition coefficient (Wildman–Crippen LogP) is 2.13. The quantitative estimate of drug-likeness (QED) is 0.720. The second-order valence-electron chi connectivity index (χ2n) is 4.29. The Kier molecular flexibility index (Phi) is 4.10. The zero-order chi connectivity index (χ0) is 12.2. The summed E-state index contributed by atoms with van der Waals surface area (Å²) in [5, 5.41) is 4.22. The summed E-state index contributed by atoms with van der Waals surface area (Å²) in [5.41, 5.74) is 0.273. The first-order chi connectivity index (χ1) is 7.54. The number of carbonyl (C=O) groups excluding carboxylic acids is 1. The van der Waals surface area contributed by atoms with Crippen LogP contribution in [-0.4, -0.2) is 22.4 Å². The first-order valence-corrected chi connectivity index (χ1v) is 5.73. The van der Waals surface area contributed by atoms with Crippen LogP contribution in [0, 0.1) is 0 Å². The van der Waals surface area contributed by atoms with Gasteiger partial charge in [0.1, 0.15) is 5.41 Å². The van der Waals surface area contributed by atoms with Crippen LogP contribution in [0.5, 0.6) is 0 Å². The summed E-state index contributed by atoms with van der Waals surface area (Å²) in [4.78, 5) is 11.9. The standard InChI is InChI=1S/C12H20N2O2/c1-5-9-14-10(7-8-13-14)12(3,4)11(15)16-6-2/h7-8H,5-6,9H2,1-4H3. The third-order valence-corrected chi connectivity index (χ3v) is 2.58. The Labute approximate surface area is 96.6 Å². The summed E-state index contributed by atoms with van der Waals surface area (Å²) in [7, 11) is 0. The van der Waals surface area contributed by atoms with Crippen molar-refractivity contribution in [3.05, 3.63) is 18.0 Å². The lowest BCUT2D eigenvalue weighted by molar-refractivity contribution is -0.149. The van der Waals surface area contributed by atoms with Crippen molar-refractivity contribution >= 4 is 5.97 Å². The van der Waals surface area contributed by atoms with Crippen molar-refractivity contribution in [2.75, 3.05) is 6.61 Å². The lowest BCUT2D eigenvalue weighted by Crippen LogP contribution is -2.33. The zero-order valence-electron chi connectivity index (χ0n) is 10.5. The van der Waals surface area contributed by atoms with Crippen molar-refractivity contribution in [3.63, 3.8) is 0 Å². The Hall–Kier alpha value is -1.32. The first-order valence-electron chi connectivity index (χ1n) is 5.73. The van der Waals surface area contributed by atoms with Gasteiger partial charge in [-0.05, 0) is 33.3 Å². The molecule has 90 valence electrons. The molecule has 0 amide bonds. The summed E-state index contributed by atoms with van der Waals surface area (Å²) in [6.07, 6.45) is 2.72. The molecule has 0 atom stereocenters. The molecule has 0 radical (unpaired) electrons. The second kappa shape index (κ2) is 5.14. The molecule has 4 nitrogen and oxygen atoms in total. The maximum absolute atomic E-state index is 11.9. The molecular formula is C12H20N2O2. The Morgan fingerprint density at radius 1 is 1.50 bits per heavy atom. The highest BCUT2D eigenvalue weighted by Gasteiger charge is 2.34. The van der Waals surface area contributed by atoms with E-state index >= 15 is 0 Å². The molecule has 0 saturated heterocycles. The van der Waals surface area contributed by atoms with Crippen LogP contribution in [0.3, 0.4) is 0 Å². The largest absolute Gasteiger partial charge is 0.465 e. The third-order valence-electron chi connectivity index (χ3n) is 2.58. The van der Waals surface area contributed by atoms with Crippen LogP contribution in [0.2, 0.25) is 0 Å². The number of carbonyl (C=O) groups is 1. The Bertz CT molecular complexity index is 356. The SMILES string of the molecule is CCCn1nccc1C(C)(C)C(=O)OCC. The summed E-state index contributed by atoms with van der Waals surface area (Å²) in [5.74, 6) is -0.201. The molecule has 0 aliphatic carbocycles. The number of nitrogens with zero attached hydrogens (tertiary/aromatic N) is 2. The van der Waals surface area contributed by atoms with Crippen molar-refractivity contribution in [1.82, 2.24) is 9.78 Å². The van der Waals surface area contributed by atoms with Crippen molar-refractivity contribution in [1.29, 1.82) is 0 Å². The van der Waals surface area contributed by atoms with Crippen molar-refractivity contribution in [2.45, 2.75) is 46.1 Å². The van der Waals surface area contributed by atoms with Crippen LogP contribution < -0.4 is 0 Å². The fourth-order valence-electron chi connectivity index (χ4n) is 1.67. The fraction of sp³-hybridized carbons (Fsp3) is 0.667. The van der Waals surface area contributed by atoms with E-state index in [1.54, 1.807) is 6.20 Å². The van der Waals surface area contributed by atoms with Crippen LogP contribution >= 0.6 is 0 Å². The number of rotatable bonds is 5. The Morgan fingerprint density at radius 3 is 2.75 bits per heavy atom. The van der Waals surface area contributed by atoms with Crippen LogP contribution in [0.4, 0.5) is 0 Å². The zero-order valence-corrected chi connectivity index (χ0v) is 10.5. The van der Waals surface area contributed by atoms with Gasteiger partial charge < -0.3 is 4.74 Å². The summed E-state index contributed by atoms with van der Waals surface area (Å²) < 4.78 is 6.96. The summed E-state index contributed by atoms with van der Waals surface area (Å²) >= 11 is 0. The van der Waals surface area contributed by atoms with Gasteiger partial charge in [0, 0.05) is 12.7 Å². The molecule has 0 aliphatic heterocycles. The molecule has 0 N–H and O–H groups in total. The molecule has 1 rings (SSSR count). The first kappa shape index (κ1) is 12.7. The van der Waals surface area contributed by atoms with Crippen LogP contribution in [0.25, 0.3) is 0 Å². The third kappa shape index (κ3) is 2.43. The number of aromatic nitrogens is 2. The minimum atomic E-state index is -0.637. The van der Waals surface area contributed by atoms with Crippen LogP contribution in [-0.2, 0) is 21.5 Å². The highest BCUT2D eigenvalue weighted by molar-refractivity contribution is 5.81. The van der Waals surface area contributed by atoms with E-state index in [1.807, 2.05) is 31.5 Å². The number of aryl methyl sites for hydroxylation is 1. The van der Waals surface area contributed by atoms with E-state index in [9.17, 15) is 4.79 Å². The van der Waals surface area contributed by atoms with E-state index in [4.69, 9.17) is 4.74 Å². The minimum Gasteiger partial charge on any atom is -0.465 e. The van der Waals surface area contributed by atoms with Gasteiger partial charge in [-0.15, -0.1) is 0 Å². The van der Waals surface area contributed by atoms with Crippen LogP contribution in [0.1, 0.15) is 39.8 Å². The van der Waals surface area contributed by atoms with Gasteiger partial charge in [0.15, 0.2) is 0 Å².